The molecule has 0 saturated heterocycles. The maximum atomic E-state index is 5.70. The molecule has 84 valence electrons. The van der Waals surface area contributed by atoms with E-state index < -0.39 is 0 Å². The van der Waals surface area contributed by atoms with Gasteiger partial charge in [0, 0.05) is 13.0 Å². The summed E-state index contributed by atoms with van der Waals surface area (Å²) in [6, 6.07) is 0. The fraction of sp³-hybridized carbons (Fsp3) is 0.333. The van der Waals surface area contributed by atoms with E-state index in [4.69, 9.17) is 11.6 Å². The maximum absolute atomic E-state index is 5.70. The van der Waals surface area contributed by atoms with Crippen molar-refractivity contribution >= 4 is 17.4 Å². The van der Waals surface area contributed by atoms with Gasteiger partial charge in [0.2, 0.25) is 0 Å². The van der Waals surface area contributed by atoms with E-state index in [-0.39, 0.29) is 0 Å². The molecule has 0 bridgehead atoms. The van der Waals surface area contributed by atoms with Crippen molar-refractivity contribution in [1.29, 1.82) is 0 Å². The van der Waals surface area contributed by atoms with Crippen LogP contribution in [0.5, 0.6) is 0 Å². The van der Waals surface area contributed by atoms with Crippen molar-refractivity contribution in [2.75, 3.05) is 11.9 Å². The molecule has 0 aromatic carbocycles. The molecule has 0 aliphatic rings. The van der Waals surface area contributed by atoms with Crippen molar-refractivity contribution in [2.24, 2.45) is 0 Å². The van der Waals surface area contributed by atoms with E-state index in [1.807, 2.05) is 0 Å². The molecule has 0 atom stereocenters. The Kier molecular flexibility index (Phi) is 3.66. The standard InChI is InChI=1S/C9H11ClN6/c10-7-4-11-5-9(15-7)12-3-1-2-8-13-6-14-16-8/h4-6H,1-3H2,(H,12,15)(H,13,14,16). The lowest BCUT2D eigenvalue weighted by molar-refractivity contribution is 0.803. The molecule has 0 aliphatic carbocycles. The van der Waals surface area contributed by atoms with Gasteiger partial charge in [0.1, 0.15) is 23.1 Å². The van der Waals surface area contributed by atoms with Gasteiger partial charge in [-0.25, -0.2) is 9.97 Å². The molecule has 7 heteroatoms. The van der Waals surface area contributed by atoms with Gasteiger partial charge in [-0.05, 0) is 6.42 Å². The fourth-order valence-electron chi connectivity index (χ4n) is 1.25. The number of anilines is 1. The maximum Gasteiger partial charge on any atom is 0.149 e. The van der Waals surface area contributed by atoms with Crippen LogP contribution < -0.4 is 5.32 Å². The molecule has 0 aliphatic heterocycles. The highest BCUT2D eigenvalue weighted by Gasteiger charge is 1.97. The molecule has 2 aromatic rings. The van der Waals surface area contributed by atoms with Crippen LogP contribution in [0.2, 0.25) is 5.15 Å². The molecule has 0 spiro atoms. The Balaban J connectivity index is 1.72. The summed E-state index contributed by atoms with van der Waals surface area (Å²) in [5.74, 6) is 1.57. The zero-order chi connectivity index (χ0) is 11.2. The first-order valence-electron chi connectivity index (χ1n) is 4.90. The summed E-state index contributed by atoms with van der Waals surface area (Å²) in [5, 5.41) is 10.1. The minimum Gasteiger partial charge on any atom is -0.369 e. The third kappa shape index (κ3) is 3.16. The van der Waals surface area contributed by atoms with E-state index in [2.05, 4.69) is 30.5 Å². The summed E-state index contributed by atoms with van der Waals surface area (Å²) < 4.78 is 0. The number of hydrogen-bond donors (Lipinski definition) is 2. The Hall–Kier alpha value is -1.69. The molecular formula is C9H11ClN6. The van der Waals surface area contributed by atoms with Crippen LogP contribution in [0.25, 0.3) is 0 Å². The van der Waals surface area contributed by atoms with Gasteiger partial charge in [-0.1, -0.05) is 11.6 Å². The van der Waals surface area contributed by atoms with Crippen LogP contribution >= 0.6 is 11.6 Å². The molecule has 0 radical (unpaired) electrons. The predicted molar refractivity (Wildman–Crippen MR) is 60.2 cm³/mol. The summed E-state index contributed by atoms with van der Waals surface area (Å²) in [4.78, 5) is 12.0. The lowest BCUT2D eigenvalue weighted by Crippen LogP contribution is -2.05. The molecule has 0 amide bonds. The van der Waals surface area contributed by atoms with Crippen LogP contribution in [-0.2, 0) is 6.42 Å². The Bertz CT molecular complexity index is 429. The average molecular weight is 239 g/mol. The van der Waals surface area contributed by atoms with Gasteiger partial charge >= 0.3 is 0 Å². The number of halogens is 1. The smallest absolute Gasteiger partial charge is 0.149 e. The topological polar surface area (TPSA) is 79.4 Å². The molecule has 2 aromatic heterocycles. The van der Waals surface area contributed by atoms with E-state index in [9.17, 15) is 0 Å². The zero-order valence-electron chi connectivity index (χ0n) is 8.52. The van der Waals surface area contributed by atoms with Crippen molar-refractivity contribution < 1.29 is 0 Å². The molecule has 2 heterocycles. The lowest BCUT2D eigenvalue weighted by Gasteiger charge is -2.03. The molecule has 2 rings (SSSR count). The highest BCUT2D eigenvalue weighted by atomic mass is 35.5. The second kappa shape index (κ2) is 5.41. The fourth-order valence-corrected chi connectivity index (χ4v) is 1.40. The summed E-state index contributed by atoms with van der Waals surface area (Å²) in [7, 11) is 0. The summed E-state index contributed by atoms with van der Waals surface area (Å²) in [6.45, 7) is 0.787. The predicted octanol–water partition coefficient (Wildman–Crippen LogP) is 1.29. The first kappa shape index (κ1) is 10.8. The van der Waals surface area contributed by atoms with Gasteiger partial charge in [-0.2, -0.15) is 5.10 Å². The monoisotopic (exact) mass is 238 g/mol. The summed E-state index contributed by atoms with van der Waals surface area (Å²) in [6.07, 6.45) is 6.43. The average Bonchev–Trinajstić information content (AvgIpc) is 2.77. The minimum atomic E-state index is 0.389. The first-order valence-corrected chi connectivity index (χ1v) is 5.28. The molecule has 16 heavy (non-hydrogen) atoms. The van der Waals surface area contributed by atoms with Crippen molar-refractivity contribution in [3.63, 3.8) is 0 Å². The highest BCUT2D eigenvalue weighted by molar-refractivity contribution is 6.29. The van der Waals surface area contributed by atoms with Gasteiger partial charge in [0.25, 0.3) is 0 Å². The first-order chi connectivity index (χ1) is 7.84. The zero-order valence-corrected chi connectivity index (χ0v) is 9.28. The second-order valence-electron chi connectivity index (χ2n) is 3.19. The van der Waals surface area contributed by atoms with Crippen LogP contribution in [0, 0.1) is 0 Å². The van der Waals surface area contributed by atoms with Crippen LogP contribution in [0.15, 0.2) is 18.7 Å². The van der Waals surface area contributed by atoms with Crippen molar-refractivity contribution in [3.8, 4) is 0 Å². The van der Waals surface area contributed by atoms with Crippen molar-refractivity contribution in [2.45, 2.75) is 12.8 Å². The Morgan fingerprint density at radius 2 is 2.31 bits per heavy atom. The minimum absolute atomic E-state index is 0.389. The van der Waals surface area contributed by atoms with Gasteiger partial charge < -0.3 is 5.32 Å². The molecule has 0 fully saturated rings. The Morgan fingerprint density at radius 3 is 3.06 bits per heavy atom. The molecule has 0 saturated carbocycles. The van der Waals surface area contributed by atoms with E-state index in [1.165, 1.54) is 12.5 Å². The number of nitrogens with one attached hydrogen (secondary N) is 2. The largest absolute Gasteiger partial charge is 0.369 e. The van der Waals surface area contributed by atoms with Crippen LogP contribution in [0.4, 0.5) is 5.82 Å². The van der Waals surface area contributed by atoms with Crippen LogP contribution in [0.1, 0.15) is 12.2 Å². The number of nitrogens with zero attached hydrogens (tertiary/aromatic N) is 4. The van der Waals surface area contributed by atoms with Crippen molar-refractivity contribution in [1.82, 2.24) is 25.1 Å². The van der Waals surface area contributed by atoms with Gasteiger partial charge in [-0.3, -0.25) is 10.1 Å². The van der Waals surface area contributed by atoms with E-state index in [1.54, 1.807) is 6.20 Å². The lowest BCUT2D eigenvalue weighted by atomic mass is 10.3. The summed E-state index contributed by atoms with van der Waals surface area (Å²) in [5.41, 5.74) is 0. The number of H-pyrrole nitrogens is 1. The number of hydrogen-bond acceptors (Lipinski definition) is 5. The van der Waals surface area contributed by atoms with E-state index >= 15 is 0 Å². The molecule has 6 nitrogen and oxygen atoms in total. The normalized spacial score (nSPS) is 10.3. The van der Waals surface area contributed by atoms with Crippen LogP contribution in [-0.4, -0.2) is 31.7 Å². The van der Waals surface area contributed by atoms with E-state index in [0.29, 0.717) is 11.0 Å². The van der Waals surface area contributed by atoms with Gasteiger partial charge in [0.05, 0.1) is 12.4 Å². The van der Waals surface area contributed by atoms with E-state index in [0.717, 1.165) is 25.2 Å². The van der Waals surface area contributed by atoms with Crippen LogP contribution in [0.3, 0.4) is 0 Å². The third-order valence-corrected chi connectivity index (χ3v) is 2.15. The Morgan fingerprint density at radius 1 is 1.38 bits per heavy atom. The highest BCUT2D eigenvalue weighted by Crippen LogP contribution is 2.06. The second-order valence-corrected chi connectivity index (χ2v) is 3.58. The number of aromatic nitrogens is 5. The quantitative estimate of drug-likeness (QED) is 0.768. The third-order valence-electron chi connectivity index (χ3n) is 1.97. The van der Waals surface area contributed by atoms with Gasteiger partial charge in [-0.15, -0.1) is 0 Å². The number of aryl methyl sites for hydroxylation is 1. The Labute approximate surface area is 97.5 Å². The van der Waals surface area contributed by atoms with Crippen molar-refractivity contribution in [3.05, 3.63) is 29.7 Å². The number of rotatable bonds is 5. The molecular weight excluding hydrogens is 228 g/mol. The SMILES string of the molecule is Clc1cncc(NCCCc2ncn[nH]2)n1. The molecule has 0 unspecified atom stereocenters. The summed E-state index contributed by atoms with van der Waals surface area (Å²) >= 11 is 5.70. The van der Waals surface area contributed by atoms with Gasteiger partial charge in [0.15, 0.2) is 0 Å². The number of aromatic amines is 1. The molecule has 2 N–H and O–H groups in total.